The van der Waals surface area contributed by atoms with Gasteiger partial charge in [-0.25, -0.2) is 0 Å². The Morgan fingerprint density at radius 2 is 0.878 bits per heavy atom. The minimum absolute atomic E-state index is 0.242. The summed E-state index contributed by atoms with van der Waals surface area (Å²) in [6, 6.07) is 19.1. The van der Waals surface area contributed by atoms with Gasteiger partial charge in [-0.2, -0.15) is 0 Å². The molecule has 4 atom stereocenters. The van der Waals surface area contributed by atoms with E-state index in [1.165, 1.54) is 151 Å². The second kappa shape index (κ2) is 22.0. The maximum absolute atomic E-state index is 7.15. The number of ether oxygens (including phenoxy) is 1. The fourth-order valence-electron chi connectivity index (χ4n) is 8.36. The number of rotatable bonds is 22. The molecule has 1 nitrogen and oxygen atoms in total. The van der Waals surface area contributed by atoms with Crippen LogP contribution in [0, 0.1) is 23.7 Å². The lowest BCUT2D eigenvalue weighted by Crippen LogP contribution is -2.34. The summed E-state index contributed by atoms with van der Waals surface area (Å²) in [7, 11) is 0. The standard InChI is InChI=1S/C48H74O/c1-7-9-11-13-15-39-17-21-41(22-18-39)25-27-43-29-33-45(34-30-43)47(37(3)4)49-48(38(5)6)46-35-31-44(32-36-46)28-26-42-23-19-40(20-24-42)16-14-12-10-8-2/h17-24,33,35,37-38,43-44,47-48H,7-16,25-32,34,36H2,1-6H3. The summed E-state index contributed by atoms with van der Waals surface area (Å²) in [5.41, 5.74) is 9.20. The first-order chi connectivity index (χ1) is 23.9. The Labute approximate surface area is 303 Å². The second-order valence-electron chi connectivity index (χ2n) is 16.6. The van der Waals surface area contributed by atoms with E-state index < -0.39 is 0 Å². The first kappa shape index (κ1) is 39.7. The van der Waals surface area contributed by atoms with E-state index in [9.17, 15) is 0 Å². The molecule has 4 rings (SSSR count). The molecule has 0 N–H and O–H groups in total. The molecule has 2 aliphatic carbocycles. The fraction of sp³-hybridized carbons (Fsp3) is 0.667. The van der Waals surface area contributed by atoms with E-state index in [1.54, 1.807) is 11.1 Å². The number of aryl methyl sites for hydroxylation is 4. The topological polar surface area (TPSA) is 9.23 Å². The lowest BCUT2D eigenvalue weighted by atomic mass is 9.80. The Hall–Kier alpha value is -2.12. The van der Waals surface area contributed by atoms with Crippen molar-refractivity contribution in [3.8, 4) is 0 Å². The summed E-state index contributed by atoms with van der Waals surface area (Å²) >= 11 is 0. The molecule has 2 aromatic rings. The van der Waals surface area contributed by atoms with Crippen LogP contribution in [0.3, 0.4) is 0 Å². The van der Waals surface area contributed by atoms with E-state index in [1.807, 2.05) is 0 Å². The van der Waals surface area contributed by atoms with Gasteiger partial charge in [0.15, 0.2) is 0 Å². The quantitative estimate of drug-likeness (QED) is 0.0897. The fourth-order valence-corrected chi connectivity index (χ4v) is 8.36. The zero-order valence-electron chi connectivity index (χ0n) is 32.8. The van der Waals surface area contributed by atoms with Gasteiger partial charge in [0.2, 0.25) is 0 Å². The molecule has 0 heterocycles. The van der Waals surface area contributed by atoms with Crippen LogP contribution in [-0.4, -0.2) is 12.2 Å². The smallest absolute Gasteiger partial charge is 0.0816 e. The molecule has 0 amide bonds. The van der Waals surface area contributed by atoms with Crippen LogP contribution < -0.4 is 0 Å². The molecular weight excluding hydrogens is 593 g/mol. The van der Waals surface area contributed by atoms with E-state index in [-0.39, 0.29) is 12.2 Å². The lowest BCUT2D eigenvalue weighted by Gasteiger charge is -2.36. The monoisotopic (exact) mass is 667 g/mol. The Balaban J connectivity index is 1.22. The van der Waals surface area contributed by atoms with Crippen LogP contribution in [0.1, 0.15) is 167 Å². The molecule has 0 fully saturated rings. The second-order valence-corrected chi connectivity index (χ2v) is 16.6. The van der Waals surface area contributed by atoms with Gasteiger partial charge in [-0.1, -0.05) is 141 Å². The van der Waals surface area contributed by atoms with Gasteiger partial charge in [0.1, 0.15) is 0 Å². The maximum Gasteiger partial charge on any atom is 0.0816 e. The summed E-state index contributed by atoms with van der Waals surface area (Å²) < 4.78 is 7.15. The first-order valence-electron chi connectivity index (χ1n) is 21.0. The van der Waals surface area contributed by atoms with Gasteiger partial charge >= 0.3 is 0 Å². The highest BCUT2D eigenvalue weighted by molar-refractivity contribution is 5.24. The number of unbranched alkanes of at least 4 members (excludes halogenated alkanes) is 6. The minimum atomic E-state index is 0.242. The van der Waals surface area contributed by atoms with Crippen molar-refractivity contribution in [1.29, 1.82) is 0 Å². The van der Waals surface area contributed by atoms with Crippen molar-refractivity contribution in [3.05, 3.63) is 94.1 Å². The van der Waals surface area contributed by atoms with Crippen molar-refractivity contribution in [2.24, 2.45) is 23.7 Å². The van der Waals surface area contributed by atoms with Crippen LogP contribution in [0.4, 0.5) is 0 Å². The highest BCUT2D eigenvalue weighted by atomic mass is 16.5. The summed E-state index contributed by atoms with van der Waals surface area (Å²) in [6.07, 6.45) is 31.4. The van der Waals surface area contributed by atoms with Crippen molar-refractivity contribution < 1.29 is 4.74 Å². The lowest BCUT2D eigenvalue weighted by molar-refractivity contribution is -0.0234. The van der Waals surface area contributed by atoms with E-state index >= 15 is 0 Å². The molecule has 0 aliphatic heterocycles. The van der Waals surface area contributed by atoms with E-state index in [2.05, 4.69) is 102 Å². The van der Waals surface area contributed by atoms with Crippen molar-refractivity contribution in [2.75, 3.05) is 0 Å². The molecule has 0 radical (unpaired) electrons. The number of benzene rings is 2. The number of allylic oxidation sites excluding steroid dienone is 2. The van der Waals surface area contributed by atoms with Gasteiger partial charge in [0, 0.05) is 0 Å². The van der Waals surface area contributed by atoms with Crippen LogP contribution in [0.5, 0.6) is 0 Å². The Morgan fingerprint density at radius 3 is 1.18 bits per heavy atom. The van der Waals surface area contributed by atoms with Crippen LogP contribution in [-0.2, 0) is 30.4 Å². The molecular formula is C48H74O. The number of hydrogen-bond acceptors (Lipinski definition) is 1. The zero-order chi connectivity index (χ0) is 34.8. The van der Waals surface area contributed by atoms with Gasteiger partial charge in [-0.3, -0.25) is 0 Å². The van der Waals surface area contributed by atoms with E-state index in [0.717, 1.165) is 11.8 Å². The molecule has 0 bridgehead atoms. The van der Waals surface area contributed by atoms with Crippen molar-refractivity contribution in [2.45, 2.75) is 182 Å². The average molecular weight is 667 g/mol. The van der Waals surface area contributed by atoms with Crippen LogP contribution in [0.2, 0.25) is 0 Å². The summed E-state index contributed by atoms with van der Waals surface area (Å²) in [5, 5.41) is 0. The molecule has 2 aromatic carbocycles. The summed E-state index contributed by atoms with van der Waals surface area (Å²) in [6.45, 7) is 14.1. The Bertz CT molecular complexity index is 1130. The summed E-state index contributed by atoms with van der Waals surface area (Å²) in [4.78, 5) is 0. The predicted octanol–water partition coefficient (Wildman–Crippen LogP) is 14.0. The van der Waals surface area contributed by atoms with Gasteiger partial charge in [-0.15, -0.1) is 0 Å². The number of hydrogen-bond donors (Lipinski definition) is 0. The Kier molecular flexibility index (Phi) is 17.8. The van der Waals surface area contributed by atoms with E-state index in [0.29, 0.717) is 11.8 Å². The third-order valence-electron chi connectivity index (χ3n) is 11.7. The van der Waals surface area contributed by atoms with Crippen molar-refractivity contribution in [3.63, 3.8) is 0 Å². The van der Waals surface area contributed by atoms with Gasteiger partial charge in [-0.05, 0) is 147 Å². The normalized spacial score (nSPS) is 19.6. The van der Waals surface area contributed by atoms with Crippen LogP contribution in [0.25, 0.3) is 0 Å². The molecule has 2 aliphatic rings. The Morgan fingerprint density at radius 1 is 0.510 bits per heavy atom. The molecule has 0 saturated heterocycles. The molecule has 0 aromatic heterocycles. The summed E-state index contributed by atoms with van der Waals surface area (Å²) in [5.74, 6) is 2.61. The highest BCUT2D eigenvalue weighted by Gasteiger charge is 2.30. The molecule has 0 spiro atoms. The largest absolute Gasteiger partial charge is 0.366 e. The third-order valence-corrected chi connectivity index (χ3v) is 11.7. The third kappa shape index (κ3) is 13.8. The molecule has 4 unspecified atom stereocenters. The van der Waals surface area contributed by atoms with Crippen LogP contribution in [0.15, 0.2) is 71.8 Å². The SMILES string of the molecule is CCCCCCc1ccc(CCC2CC=C(C(OC(C3=CCC(CCc4ccc(CCCCCC)cc4)CC3)C(C)C)C(C)C)CC2)cc1. The van der Waals surface area contributed by atoms with Gasteiger partial charge < -0.3 is 4.74 Å². The predicted molar refractivity (Wildman–Crippen MR) is 214 cm³/mol. The van der Waals surface area contributed by atoms with Gasteiger partial charge in [0.25, 0.3) is 0 Å². The van der Waals surface area contributed by atoms with Crippen molar-refractivity contribution in [1.82, 2.24) is 0 Å². The molecule has 272 valence electrons. The van der Waals surface area contributed by atoms with Crippen molar-refractivity contribution >= 4 is 0 Å². The minimum Gasteiger partial charge on any atom is -0.366 e. The zero-order valence-corrected chi connectivity index (χ0v) is 32.8. The average Bonchev–Trinajstić information content (AvgIpc) is 3.12. The highest BCUT2D eigenvalue weighted by Crippen LogP contribution is 2.37. The van der Waals surface area contributed by atoms with E-state index in [4.69, 9.17) is 4.74 Å². The van der Waals surface area contributed by atoms with Gasteiger partial charge in [0.05, 0.1) is 12.2 Å². The van der Waals surface area contributed by atoms with Crippen LogP contribution >= 0.6 is 0 Å². The molecule has 1 heteroatoms. The molecule has 0 saturated carbocycles. The first-order valence-corrected chi connectivity index (χ1v) is 21.0. The molecule has 49 heavy (non-hydrogen) atoms. The maximum atomic E-state index is 7.15.